The van der Waals surface area contributed by atoms with Crippen LogP contribution >= 0.6 is 0 Å². The minimum Gasteiger partial charge on any atom is -0.379 e. The van der Waals surface area contributed by atoms with E-state index in [1.165, 1.54) is 0 Å². The number of benzene rings is 1. The summed E-state index contributed by atoms with van der Waals surface area (Å²) in [5.74, 6) is 0.174. The summed E-state index contributed by atoms with van der Waals surface area (Å²) in [5.41, 5.74) is 2.42. The molecule has 144 valence electrons. The molecule has 1 aromatic heterocycles. The van der Waals surface area contributed by atoms with Gasteiger partial charge in [0.1, 0.15) is 11.3 Å². The van der Waals surface area contributed by atoms with E-state index < -0.39 is 0 Å². The second-order valence-corrected chi connectivity index (χ2v) is 6.38. The summed E-state index contributed by atoms with van der Waals surface area (Å²) in [6.45, 7) is 6.83. The number of carbonyl (C=O) groups is 2. The predicted octanol–water partition coefficient (Wildman–Crippen LogP) is 2.07. The van der Waals surface area contributed by atoms with E-state index in [4.69, 9.17) is 9.26 Å². The van der Waals surface area contributed by atoms with Crippen molar-refractivity contribution in [2.45, 2.75) is 20.3 Å². The van der Waals surface area contributed by atoms with Crippen molar-refractivity contribution in [3.63, 3.8) is 0 Å². The molecular formula is C19H24N4O4. The second kappa shape index (κ2) is 8.79. The SMILES string of the molecule is CCc1noc(C)c1C(=O)Nc1ccc(NC(=O)CN2CCOCC2)cc1. The summed E-state index contributed by atoms with van der Waals surface area (Å²) in [5, 5.41) is 9.59. The van der Waals surface area contributed by atoms with Crippen LogP contribution in [0.5, 0.6) is 0 Å². The lowest BCUT2D eigenvalue weighted by molar-refractivity contribution is -0.118. The summed E-state index contributed by atoms with van der Waals surface area (Å²) < 4.78 is 10.4. The quantitative estimate of drug-likeness (QED) is 0.806. The molecule has 0 bridgehead atoms. The molecular weight excluding hydrogens is 348 g/mol. The molecule has 1 aliphatic heterocycles. The van der Waals surface area contributed by atoms with Crippen LogP contribution in [0.2, 0.25) is 0 Å². The van der Waals surface area contributed by atoms with Crippen molar-refractivity contribution in [2.75, 3.05) is 43.5 Å². The van der Waals surface area contributed by atoms with E-state index in [2.05, 4.69) is 20.7 Å². The molecule has 8 heteroatoms. The number of amides is 2. The van der Waals surface area contributed by atoms with Crippen LogP contribution in [0, 0.1) is 6.92 Å². The molecule has 0 atom stereocenters. The van der Waals surface area contributed by atoms with Crippen LogP contribution in [0.3, 0.4) is 0 Å². The summed E-state index contributed by atoms with van der Waals surface area (Å²) in [6, 6.07) is 7.01. The van der Waals surface area contributed by atoms with Gasteiger partial charge in [-0.15, -0.1) is 0 Å². The average Bonchev–Trinajstić information content (AvgIpc) is 3.05. The summed E-state index contributed by atoms with van der Waals surface area (Å²) in [6.07, 6.45) is 0.619. The Morgan fingerprint density at radius 2 is 1.74 bits per heavy atom. The van der Waals surface area contributed by atoms with E-state index in [1.54, 1.807) is 31.2 Å². The van der Waals surface area contributed by atoms with Crippen LogP contribution in [-0.4, -0.2) is 54.7 Å². The molecule has 0 spiro atoms. The van der Waals surface area contributed by atoms with Gasteiger partial charge in [-0.05, 0) is 37.6 Å². The van der Waals surface area contributed by atoms with Crippen molar-refractivity contribution in [2.24, 2.45) is 0 Å². The monoisotopic (exact) mass is 372 g/mol. The van der Waals surface area contributed by atoms with E-state index in [9.17, 15) is 9.59 Å². The maximum absolute atomic E-state index is 12.5. The van der Waals surface area contributed by atoms with Crippen molar-refractivity contribution in [1.82, 2.24) is 10.1 Å². The van der Waals surface area contributed by atoms with E-state index in [0.29, 0.717) is 54.6 Å². The van der Waals surface area contributed by atoms with Gasteiger partial charge in [0, 0.05) is 24.5 Å². The van der Waals surface area contributed by atoms with Gasteiger partial charge in [0.05, 0.1) is 25.5 Å². The first-order valence-electron chi connectivity index (χ1n) is 9.03. The van der Waals surface area contributed by atoms with Crippen LogP contribution in [0.1, 0.15) is 28.7 Å². The van der Waals surface area contributed by atoms with E-state index in [1.807, 2.05) is 6.92 Å². The van der Waals surface area contributed by atoms with Crippen LogP contribution in [0.15, 0.2) is 28.8 Å². The highest BCUT2D eigenvalue weighted by molar-refractivity contribution is 6.05. The fourth-order valence-corrected chi connectivity index (χ4v) is 2.94. The Balaban J connectivity index is 1.56. The summed E-state index contributed by atoms with van der Waals surface area (Å²) in [4.78, 5) is 26.6. The first-order chi connectivity index (χ1) is 13.1. The van der Waals surface area contributed by atoms with Gasteiger partial charge < -0.3 is 19.9 Å². The second-order valence-electron chi connectivity index (χ2n) is 6.38. The lowest BCUT2D eigenvalue weighted by Crippen LogP contribution is -2.41. The lowest BCUT2D eigenvalue weighted by Gasteiger charge is -2.25. The minimum absolute atomic E-state index is 0.0682. The zero-order chi connectivity index (χ0) is 19.2. The van der Waals surface area contributed by atoms with Gasteiger partial charge in [-0.1, -0.05) is 12.1 Å². The molecule has 1 aliphatic rings. The fraction of sp³-hybridized carbons (Fsp3) is 0.421. The van der Waals surface area contributed by atoms with Crippen molar-refractivity contribution < 1.29 is 18.8 Å². The number of aromatic nitrogens is 1. The number of nitrogens with one attached hydrogen (secondary N) is 2. The Labute approximate surface area is 157 Å². The van der Waals surface area contributed by atoms with Crippen LogP contribution in [0.25, 0.3) is 0 Å². The molecule has 0 unspecified atom stereocenters. The van der Waals surface area contributed by atoms with Crippen molar-refractivity contribution in [1.29, 1.82) is 0 Å². The summed E-state index contributed by atoms with van der Waals surface area (Å²) in [7, 11) is 0. The number of ether oxygens (including phenoxy) is 1. The number of hydrogen-bond donors (Lipinski definition) is 2. The molecule has 8 nitrogen and oxygen atoms in total. The van der Waals surface area contributed by atoms with Crippen LogP contribution in [0.4, 0.5) is 11.4 Å². The predicted molar refractivity (Wildman–Crippen MR) is 101 cm³/mol. The average molecular weight is 372 g/mol. The topological polar surface area (TPSA) is 96.7 Å². The third-order valence-electron chi connectivity index (χ3n) is 4.39. The molecule has 1 fully saturated rings. The molecule has 0 saturated carbocycles. The highest BCUT2D eigenvalue weighted by atomic mass is 16.5. The molecule has 1 aromatic carbocycles. The number of aryl methyl sites for hydroxylation is 2. The fourth-order valence-electron chi connectivity index (χ4n) is 2.94. The van der Waals surface area contributed by atoms with Gasteiger partial charge in [0.25, 0.3) is 5.91 Å². The minimum atomic E-state index is -0.255. The molecule has 2 aromatic rings. The van der Waals surface area contributed by atoms with Gasteiger partial charge >= 0.3 is 0 Å². The molecule has 0 radical (unpaired) electrons. The number of anilines is 2. The van der Waals surface area contributed by atoms with Gasteiger partial charge in [-0.25, -0.2) is 0 Å². The Bertz CT molecular complexity index is 795. The van der Waals surface area contributed by atoms with Crippen molar-refractivity contribution in [3.8, 4) is 0 Å². The molecule has 27 heavy (non-hydrogen) atoms. The maximum Gasteiger partial charge on any atom is 0.261 e. The first-order valence-corrected chi connectivity index (χ1v) is 9.03. The van der Waals surface area contributed by atoms with Gasteiger partial charge in [0.15, 0.2) is 0 Å². The van der Waals surface area contributed by atoms with E-state index in [-0.39, 0.29) is 11.8 Å². The Hall–Kier alpha value is -2.71. The zero-order valence-corrected chi connectivity index (χ0v) is 15.6. The Kier molecular flexibility index (Phi) is 6.20. The highest BCUT2D eigenvalue weighted by Crippen LogP contribution is 2.18. The molecule has 2 heterocycles. The summed E-state index contributed by atoms with van der Waals surface area (Å²) >= 11 is 0. The van der Waals surface area contributed by atoms with E-state index in [0.717, 1.165) is 13.1 Å². The van der Waals surface area contributed by atoms with E-state index >= 15 is 0 Å². The largest absolute Gasteiger partial charge is 0.379 e. The maximum atomic E-state index is 12.5. The molecule has 1 saturated heterocycles. The molecule has 0 aliphatic carbocycles. The molecule has 3 rings (SSSR count). The number of rotatable bonds is 6. The third-order valence-corrected chi connectivity index (χ3v) is 4.39. The molecule has 2 N–H and O–H groups in total. The standard InChI is InChI=1S/C19H24N4O4/c1-3-16-18(13(2)27-22-16)19(25)21-15-6-4-14(5-7-15)20-17(24)12-23-8-10-26-11-9-23/h4-7H,3,8-12H2,1-2H3,(H,20,24)(H,21,25). The number of carbonyl (C=O) groups excluding carboxylic acids is 2. The Morgan fingerprint density at radius 3 is 2.37 bits per heavy atom. The zero-order valence-electron chi connectivity index (χ0n) is 15.6. The third kappa shape index (κ3) is 4.93. The van der Waals surface area contributed by atoms with Crippen molar-refractivity contribution in [3.05, 3.63) is 41.3 Å². The Morgan fingerprint density at radius 1 is 1.11 bits per heavy atom. The normalized spacial score (nSPS) is 14.7. The van der Waals surface area contributed by atoms with Crippen LogP contribution in [-0.2, 0) is 16.0 Å². The number of morpholine rings is 1. The van der Waals surface area contributed by atoms with Crippen LogP contribution < -0.4 is 10.6 Å². The number of hydrogen-bond acceptors (Lipinski definition) is 6. The van der Waals surface area contributed by atoms with Gasteiger partial charge in [0.2, 0.25) is 5.91 Å². The first kappa shape index (κ1) is 19.1. The number of nitrogens with zero attached hydrogens (tertiary/aromatic N) is 2. The van der Waals surface area contributed by atoms with Gasteiger partial charge in [-0.2, -0.15) is 0 Å². The van der Waals surface area contributed by atoms with Crippen molar-refractivity contribution >= 4 is 23.2 Å². The lowest BCUT2D eigenvalue weighted by atomic mass is 10.1. The smallest absolute Gasteiger partial charge is 0.261 e. The molecule has 2 amide bonds. The van der Waals surface area contributed by atoms with Gasteiger partial charge in [-0.3, -0.25) is 14.5 Å². The highest BCUT2D eigenvalue weighted by Gasteiger charge is 2.19.